The van der Waals surface area contributed by atoms with Crippen LogP contribution in [0, 0.1) is 0 Å². The van der Waals surface area contributed by atoms with Crippen molar-refractivity contribution >= 4 is 16.6 Å². The van der Waals surface area contributed by atoms with Crippen molar-refractivity contribution in [2.24, 2.45) is 0 Å². The Bertz CT molecular complexity index is 407. The van der Waals surface area contributed by atoms with Gasteiger partial charge in [0.05, 0.1) is 11.5 Å². The van der Waals surface area contributed by atoms with Gasteiger partial charge in [-0.1, -0.05) is 48.1 Å². The Kier molecular flexibility index (Phi) is 6.18. The highest BCUT2D eigenvalue weighted by Crippen LogP contribution is 2.39. The van der Waals surface area contributed by atoms with E-state index in [0.717, 1.165) is 11.5 Å². The van der Waals surface area contributed by atoms with Crippen LogP contribution in [-0.2, 0) is 8.85 Å². The van der Waals surface area contributed by atoms with Gasteiger partial charge in [-0.2, -0.15) is 0 Å². The van der Waals surface area contributed by atoms with Crippen LogP contribution in [0.1, 0.15) is 48.5 Å². The Morgan fingerprint density at radius 3 is 1.48 bits per heavy atom. The van der Waals surface area contributed by atoms with Crippen LogP contribution >= 0.6 is 0 Å². The molecule has 0 atom stereocenters. The van der Waals surface area contributed by atoms with E-state index in [0.29, 0.717) is 0 Å². The van der Waals surface area contributed by atoms with Gasteiger partial charge in [0.2, 0.25) is 16.6 Å². The number of allylic oxidation sites excluding steroid dienone is 2. The fourth-order valence-corrected chi connectivity index (χ4v) is 3.51. The van der Waals surface area contributed by atoms with Crippen LogP contribution < -0.4 is 0 Å². The minimum atomic E-state index is -1.82. The molecule has 4 heteroatoms. The molecule has 0 spiro atoms. The first kappa shape index (κ1) is 20.5. The highest BCUT2D eigenvalue weighted by Gasteiger charge is 2.40. The van der Waals surface area contributed by atoms with Crippen molar-refractivity contribution in [2.75, 3.05) is 0 Å². The molecule has 0 aromatic carbocycles. The van der Waals surface area contributed by atoms with Crippen molar-refractivity contribution in [1.29, 1.82) is 0 Å². The lowest BCUT2D eigenvalue weighted by atomic mass is 10.2. The quantitative estimate of drug-likeness (QED) is 0.328. The summed E-state index contributed by atoms with van der Waals surface area (Å²) < 4.78 is 12.4. The molecule has 0 bridgehead atoms. The van der Waals surface area contributed by atoms with Crippen molar-refractivity contribution in [3.05, 3.63) is 24.2 Å². The van der Waals surface area contributed by atoms with Crippen LogP contribution in [0.15, 0.2) is 24.2 Å². The van der Waals surface area contributed by atoms with E-state index in [4.69, 9.17) is 8.85 Å². The summed E-state index contributed by atoms with van der Waals surface area (Å²) >= 11 is 0. The lowest BCUT2D eigenvalue weighted by Gasteiger charge is -2.38. The van der Waals surface area contributed by atoms with Gasteiger partial charge in [0.15, 0.2) is 0 Å². The molecule has 0 radical (unpaired) electrons. The summed E-state index contributed by atoms with van der Waals surface area (Å²) in [6, 6.07) is 0. The maximum absolute atomic E-state index is 6.25. The van der Waals surface area contributed by atoms with Crippen LogP contribution in [0.25, 0.3) is 0 Å². The fourth-order valence-electron chi connectivity index (χ4n) is 1.32. The molecular formula is C17H36O2Si2. The first-order chi connectivity index (χ1) is 8.99. The summed E-state index contributed by atoms with van der Waals surface area (Å²) in [5.74, 6) is 1.63. The average Bonchev–Trinajstić information content (AvgIpc) is 2.10. The summed E-state index contributed by atoms with van der Waals surface area (Å²) in [5, 5.41) is 0.377. The van der Waals surface area contributed by atoms with Gasteiger partial charge in [0.25, 0.3) is 0 Å². The van der Waals surface area contributed by atoms with Gasteiger partial charge in [0.1, 0.15) is 0 Å². The number of hydrogen-bond donors (Lipinski definition) is 0. The predicted molar refractivity (Wildman–Crippen MR) is 99.5 cm³/mol. The summed E-state index contributed by atoms with van der Waals surface area (Å²) in [6.45, 7) is 28.5. The molecule has 21 heavy (non-hydrogen) atoms. The SMILES string of the molecule is C=C(/C=C(\C)O[Si](C)(C)C(C)(C)C)O[Si](C)(C)C(C)(C)C. The maximum atomic E-state index is 6.25. The molecule has 0 N–H and O–H groups in total. The predicted octanol–water partition coefficient (Wildman–Crippen LogP) is 6.45. The first-order valence-corrected chi connectivity index (χ1v) is 13.6. The van der Waals surface area contributed by atoms with E-state index < -0.39 is 16.6 Å². The topological polar surface area (TPSA) is 18.5 Å². The summed E-state index contributed by atoms with van der Waals surface area (Å²) in [7, 11) is -3.60. The normalized spacial score (nSPS) is 14.9. The minimum Gasteiger partial charge on any atom is -0.547 e. The van der Waals surface area contributed by atoms with E-state index in [1.165, 1.54) is 0 Å². The average molecular weight is 329 g/mol. The molecule has 2 nitrogen and oxygen atoms in total. The van der Waals surface area contributed by atoms with Gasteiger partial charge in [-0.25, -0.2) is 0 Å². The van der Waals surface area contributed by atoms with Crippen molar-refractivity contribution in [3.63, 3.8) is 0 Å². The molecule has 0 aliphatic carbocycles. The van der Waals surface area contributed by atoms with Crippen molar-refractivity contribution in [2.45, 2.75) is 84.7 Å². The molecule has 124 valence electrons. The largest absolute Gasteiger partial charge is 0.547 e. The lowest BCUT2D eigenvalue weighted by molar-refractivity contribution is 0.370. The van der Waals surface area contributed by atoms with E-state index in [1.807, 2.05) is 13.0 Å². The van der Waals surface area contributed by atoms with E-state index in [1.54, 1.807) is 0 Å². The zero-order chi connectivity index (χ0) is 17.3. The van der Waals surface area contributed by atoms with Gasteiger partial charge < -0.3 is 8.85 Å². The second kappa shape index (κ2) is 6.33. The summed E-state index contributed by atoms with van der Waals surface area (Å²) in [4.78, 5) is 0. The fraction of sp³-hybridized carbons (Fsp3) is 0.765. The number of hydrogen-bond acceptors (Lipinski definition) is 2. The second-order valence-corrected chi connectivity index (χ2v) is 18.4. The summed E-state index contributed by atoms with van der Waals surface area (Å²) in [5.41, 5.74) is 0. The molecule has 0 heterocycles. The highest BCUT2D eigenvalue weighted by molar-refractivity contribution is 6.74. The number of rotatable bonds is 5. The van der Waals surface area contributed by atoms with Crippen LogP contribution in [-0.4, -0.2) is 16.6 Å². The Morgan fingerprint density at radius 2 is 1.14 bits per heavy atom. The Labute approximate surface area is 134 Å². The third-order valence-electron chi connectivity index (χ3n) is 4.78. The van der Waals surface area contributed by atoms with E-state index in [9.17, 15) is 0 Å². The molecule has 0 fully saturated rings. The third-order valence-corrected chi connectivity index (χ3v) is 13.6. The van der Waals surface area contributed by atoms with Crippen molar-refractivity contribution in [3.8, 4) is 0 Å². The first-order valence-electron chi connectivity index (χ1n) is 7.75. The van der Waals surface area contributed by atoms with Crippen LogP contribution in [0.5, 0.6) is 0 Å². The Morgan fingerprint density at radius 1 is 0.810 bits per heavy atom. The molecule has 0 aromatic rings. The third kappa shape index (κ3) is 6.03. The summed E-state index contributed by atoms with van der Waals surface area (Å²) in [6.07, 6.45) is 1.95. The van der Waals surface area contributed by atoms with E-state index in [2.05, 4.69) is 74.3 Å². The molecule has 0 amide bonds. The maximum Gasteiger partial charge on any atom is 0.250 e. The van der Waals surface area contributed by atoms with Gasteiger partial charge in [-0.05, 0) is 43.2 Å². The smallest absolute Gasteiger partial charge is 0.250 e. The van der Waals surface area contributed by atoms with Crippen LogP contribution in [0.4, 0.5) is 0 Å². The van der Waals surface area contributed by atoms with Gasteiger partial charge >= 0.3 is 0 Å². The molecular weight excluding hydrogens is 292 g/mol. The molecule has 0 aromatic heterocycles. The Balaban J connectivity index is 4.92. The van der Waals surface area contributed by atoms with Crippen molar-refractivity contribution < 1.29 is 8.85 Å². The molecule has 0 rings (SSSR count). The minimum absolute atomic E-state index is 0.179. The molecule has 0 saturated heterocycles. The molecule has 0 unspecified atom stereocenters. The molecule has 0 aliphatic heterocycles. The van der Waals surface area contributed by atoms with Gasteiger partial charge in [-0.15, -0.1) is 0 Å². The van der Waals surface area contributed by atoms with Crippen LogP contribution in [0.2, 0.25) is 36.3 Å². The highest BCUT2D eigenvalue weighted by atomic mass is 28.4. The second-order valence-electron chi connectivity index (χ2n) is 8.95. The molecule has 0 aliphatic rings. The van der Waals surface area contributed by atoms with Crippen molar-refractivity contribution in [1.82, 2.24) is 0 Å². The monoisotopic (exact) mass is 328 g/mol. The van der Waals surface area contributed by atoms with E-state index >= 15 is 0 Å². The zero-order valence-electron chi connectivity index (χ0n) is 16.1. The molecule has 0 saturated carbocycles. The van der Waals surface area contributed by atoms with Gasteiger partial charge in [0, 0.05) is 6.08 Å². The Hall–Kier alpha value is -0.486. The standard InChI is InChI=1S/C17H36O2Si2/c1-14(18-20(9,10)16(3,4)5)13-15(2)19-21(11,12)17(6,7)8/h13H,1H2,2-12H3/b15-13+. The van der Waals surface area contributed by atoms with Gasteiger partial charge in [-0.3, -0.25) is 0 Å². The zero-order valence-corrected chi connectivity index (χ0v) is 18.1. The lowest BCUT2D eigenvalue weighted by Crippen LogP contribution is -2.41. The van der Waals surface area contributed by atoms with Crippen LogP contribution in [0.3, 0.4) is 0 Å². The van der Waals surface area contributed by atoms with E-state index in [-0.39, 0.29) is 10.1 Å².